The van der Waals surface area contributed by atoms with E-state index in [0.29, 0.717) is 35.6 Å². The van der Waals surface area contributed by atoms with Gasteiger partial charge < -0.3 is 4.74 Å². The Labute approximate surface area is 165 Å². The molecule has 3 rings (SSSR count). The van der Waals surface area contributed by atoms with E-state index in [1.165, 1.54) is 5.01 Å². The molecule has 0 aliphatic carbocycles. The number of hydrogen-bond acceptors (Lipinski definition) is 5. The first-order valence-corrected chi connectivity index (χ1v) is 10.8. The summed E-state index contributed by atoms with van der Waals surface area (Å²) in [5, 5.41) is 6.04. The SMILES string of the molecule is CCC(=O)N1N=C(c2ccccc2NS(C)(=O)=O)C[C@@H]1c1ccccc1OC. The van der Waals surface area contributed by atoms with Crippen molar-refractivity contribution in [3.8, 4) is 5.75 Å². The van der Waals surface area contributed by atoms with Crippen LogP contribution in [0.4, 0.5) is 5.69 Å². The van der Waals surface area contributed by atoms with Crippen molar-refractivity contribution in [1.29, 1.82) is 0 Å². The summed E-state index contributed by atoms with van der Waals surface area (Å²) in [6.45, 7) is 1.79. The standard InChI is InChI=1S/C20H23N3O4S/c1-4-20(24)23-18(15-10-6-8-12-19(15)27-2)13-17(21-23)14-9-5-7-11-16(14)22-28(3,25)26/h5-12,18,22H,4,13H2,1-3H3/t18-/m1/s1. The van der Waals surface area contributed by atoms with Crippen molar-refractivity contribution in [1.82, 2.24) is 5.01 Å². The number of rotatable bonds is 6. The third-order valence-electron chi connectivity index (χ3n) is 4.50. The number of methoxy groups -OCH3 is 1. The average molecular weight is 401 g/mol. The van der Waals surface area contributed by atoms with Crippen molar-refractivity contribution in [2.24, 2.45) is 5.10 Å². The van der Waals surface area contributed by atoms with Gasteiger partial charge in [0.2, 0.25) is 15.9 Å². The van der Waals surface area contributed by atoms with Gasteiger partial charge >= 0.3 is 0 Å². The van der Waals surface area contributed by atoms with Gasteiger partial charge in [-0.2, -0.15) is 5.10 Å². The van der Waals surface area contributed by atoms with E-state index >= 15 is 0 Å². The van der Waals surface area contributed by atoms with Gasteiger partial charge in [-0.3, -0.25) is 9.52 Å². The molecule has 2 aromatic rings. The lowest BCUT2D eigenvalue weighted by molar-refractivity contribution is -0.132. The molecule has 1 aliphatic heterocycles. The number of carbonyl (C=O) groups is 1. The number of carbonyl (C=O) groups excluding carboxylic acids is 1. The van der Waals surface area contributed by atoms with Gasteiger partial charge in [0.05, 0.1) is 30.8 Å². The molecule has 2 aromatic carbocycles. The first kappa shape index (κ1) is 19.9. The number of nitrogens with zero attached hydrogens (tertiary/aromatic N) is 2. The van der Waals surface area contributed by atoms with Crippen LogP contribution in [0.3, 0.4) is 0 Å². The molecular weight excluding hydrogens is 378 g/mol. The highest BCUT2D eigenvalue weighted by atomic mass is 32.2. The molecule has 1 heterocycles. The molecule has 0 radical (unpaired) electrons. The summed E-state index contributed by atoms with van der Waals surface area (Å²) in [6.07, 6.45) is 1.87. The van der Waals surface area contributed by atoms with Crippen LogP contribution in [0.2, 0.25) is 0 Å². The van der Waals surface area contributed by atoms with Gasteiger partial charge in [-0.05, 0) is 12.1 Å². The second-order valence-corrected chi connectivity index (χ2v) is 8.27. The van der Waals surface area contributed by atoms with Gasteiger partial charge in [0.15, 0.2) is 0 Å². The molecule has 0 unspecified atom stereocenters. The Morgan fingerprint density at radius 2 is 1.89 bits per heavy atom. The first-order chi connectivity index (χ1) is 13.3. The quantitative estimate of drug-likeness (QED) is 0.805. The second-order valence-electron chi connectivity index (χ2n) is 6.52. The first-order valence-electron chi connectivity index (χ1n) is 8.93. The fraction of sp³-hybridized carbons (Fsp3) is 0.300. The lowest BCUT2D eigenvalue weighted by Crippen LogP contribution is -2.26. The molecule has 1 N–H and O–H groups in total. The number of benzene rings is 2. The lowest BCUT2D eigenvalue weighted by Gasteiger charge is -2.23. The average Bonchev–Trinajstić information content (AvgIpc) is 3.11. The van der Waals surface area contributed by atoms with Crippen LogP contribution in [-0.4, -0.2) is 38.4 Å². The van der Waals surface area contributed by atoms with Gasteiger partial charge in [0, 0.05) is 24.0 Å². The molecule has 148 valence electrons. The summed E-state index contributed by atoms with van der Waals surface area (Å²) in [6, 6.07) is 14.3. The van der Waals surface area contributed by atoms with Crippen LogP contribution < -0.4 is 9.46 Å². The minimum absolute atomic E-state index is 0.112. The zero-order chi connectivity index (χ0) is 20.3. The predicted octanol–water partition coefficient (Wildman–Crippen LogP) is 3.15. The van der Waals surface area contributed by atoms with E-state index in [1.807, 2.05) is 30.3 Å². The Kier molecular flexibility index (Phi) is 5.69. The minimum Gasteiger partial charge on any atom is -0.496 e. The Morgan fingerprint density at radius 1 is 1.21 bits per heavy atom. The summed E-state index contributed by atoms with van der Waals surface area (Å²) in [7, 11) is -1.86. The van der Waals surface area contributed by atoms with Crippen LogP contribution in [-0.2, 0) is 14.8 Å². The number of hydrazone groups is 1. The van der Waals surface area contributed by atoms with Crippen molar-refractivity contribution in [2.75, 3.05) is 18.1 Å². The van der Waals surface area contributed by atoms with Gasteiger partial charge in [-0.25, -0.2) is 13.4 Å². The molecule has 7 nitrogen and oxygen atoms in total. The third kappa shape index (κ3) is 4.17. The maximum atomic E-state index is 12.6. The number of sulfonamides is 1. The topological polar surface area (TPSA) is 88.1 Å². The molecule has 0 fully saturated rings. The summed E-state index contributed by atoms with van der Waals surface area (Å²) >= 11 is 0. The van der Waals surface area contributed by atoms with Crippen LogP contribution in [0.25, 0.3) is 0 Å². The summed E-state index contributed by atoms with van der Waals surface area (Å²) in [5.41, 5.74) is 2.59. The van der Waals surface area contributed by atoms with Crippen LogP contribution >= 0.6 is 0 Å². The fourth-order valence-corrected chi connectivity index (χ4v) is 3.85. The molecule has 0 bridgehead atoms. The summed E-state index contributed by atoms with van der Waals surface area (Å²) < 4.78 is 31.4. The lowest BCUT2D eigenvalue weighted by atomic mass is 9.97. The third-order valence-corrected chi connectivity index (χ3v) is 5.09. The molecule has 0 spiro atoms. The molecule has 1 amide bonds. The summed E-state index contributed by atoms with van der Waals surface area (Å²) in [5.74, 6) is 0.569. The van der Waals surface area contributed by atoms with Crippen LogP contribution in [0, 0.1) is 0 Å². The number of hydrogen-bond donors (Lipinski definition) is 1. The normalized spacial score (nSPS) is 16.6. The van der Waals surface area contributed by atoms with E-state index in [4.69, 9.17) is 4.74 Å². The number of ether oxygens (including phenoxy) is 1. The van der Waals surface area contributed by atoms with E-state index in [-0.39, 0.29) is 11.9 Å². The van der Waals surface area contributed by atoms with E-state index in [1.54, 1.807) is 32.2 Å². The number of amides is 1. The molecule has 0 saturated heterocycles. The van der Waals surface area contributed by atoms with Crippen LogP contribution in [0.1, 0.15) is 36.9 Å². The highest BCUT2D eigenvalue weighted by molar-refractivity contribution is 7.92. The molecule has 1 atom stereocenters. The van der Waals surface area contributed by atoms with E-state index < -0.39 is 10.0 Å². The predicted molar refractivity (Wildman–Crippen MR) is 109 cm³/mol. The molecular formula is C20H23N3O4S. The number of anilines is 1. The second kappa shape index (κ2) is 8.02. The number of nitrogens with one attached hydrogen (secondary N) is 1. The van der Waals surface area contributed by atoms with Gasteiger partial charge in [0.25, 0.3) is 0 Å². The van der Waals surface area contributed by atoms with Crippen molar-refractivity contribution >= 4 is 27.3 Å². The van der Waals surface area contributed by atoms with E-state index in [9.17, 15) is 13.2 Å². The molecule has 0 saturated carbocycles. The zero-order valence-corrected chi connectivity index (χ0v) is 16.9. The molecule has 1 aliphatic rings. The van der Waals surface area contributed by atoms with Crippen molar-refractivity contribution in [3.05, 3.63) is 59.7 Å². The van der Waals surface area contributed by atoms with Crippen molar-refractivity contribution in [3.63, 3.8) is 0 Å². The Morgan fingerprint density at radius 3 is 2.57 bits per heavy atom. The van der Waals surface area contributed by atoms with Gasteiger partial charge in [-0.1, -0.05) is 43.3 Å². The maximum absolute atomic E-state index is 12.6. The Hall–Kier alpha value is -2.87. The largest absolute Gasteiger partial charge is 0.496 e. The van der Waals surface area contributed by atoms with Crippen LogP contribution in [0.15, 0.2) is 53.6 Å². The van der Waals surface area contributed by atoms with Gasteiger partial charge in [0.1, 0.15) is 5.75 Å². The van der Waals surface area contributed by atoms with E-state index in [0.717, 1.165) is 11.8 Å². The van der Waals surface area contributed by atoms with Crippen molar-refractivity contribution in [2.45, 2.75) is 25.8 Å². The molecule has 28 heavy (non-hydrogen) atoms. The highest BCUT2D eigenvalue weighted by Gasteiger charge is 2.34. The molecule has 0 aromatic heterocycles. The maximum Gasteiger partial charge on any atom is 0.242 e. The highest BCUT2D eigenvalue weighted by Crippen LogP contribution is 2.38. The fourth-order valence-electron chi connectivity index (χ4n) is 3.27. The zero-order valence-electron chi connectivity index (χ0n) is 16.0. The Bertz CT molecular complexity index is 1020. The Balaban J connectivity index is 2.04. The summed E-state index contributed by atoms with van der Waals surface area (Å²) in [4.78, 5) is 12.6. The number of para-hydroxylation sites is 2. The molecule has 8 heteroatoms. The smallest absolute Gasteiger partial charge is 0.242 e. The van der Waals surface area contributed by atoms with Gasteiger partial charge in [-0.15, -0.1) is 0 Å². The van der Waals surface area contributed by atoms with E-state index in [2.05, 4.69) is 9.82 Å². The minimum atomic E-state index is -3.45. The van der Waals surface area contributed by atoms with Crippen LogP contribution in [0.5, 0.6) is 5.75 Å². The van der Waals surface area contributed by atoms with Crippen molar-refractivity contribution < 1.29 is 17.9 Å². The monoisotopic (exact) mass is 401 g/mol.